The van der Waals surface area contributed by atoms with Crippen molar-refractivity contribution in [3.8, 4) is 6.07 Å². The SMILES string of the molecule is N#Cc1cc(Br)cc2cc3n(c12)CC1CC1C3. The van der Waals surface area contributed by atoms with Gasteiger partial charge in [0.05, 0.1) is 11.1 Å². The molecule has 0 saturated heterocycles. The van der Waals surface area contributed by atoms with Crippen LogP contribution in [0.2, 0.25) is 0 Å². The van der Waals surface area contributed by atoms with Crippen LogP contribution in [0.25, 0.3) is 10.9 Å². The Morgan fingerprint density at radius 1 is 1.29 bits per heavy atom. The molecule has 2 nitrogen and oxygen atoms in total. The van der Waals surface area contributed by atoms with Crippen molar-refractivity contribution < 1.29 is 0 Å². The van der Waals surface area contributed by atoms with E-state index in [9.17, 15) is 5.26 Å². The van der Waals surface area contributed by atoms with Crippen LogP contribution in [-0.2, 0) is 13.0 Å². The van der Waals surface area contributed by atoms with E-state index in [1.54, 1.807) is 0 Å². The molecule has 1 aliphatic carbocycles. The second kappa shape index (κ2) is 3.14. The molecule has 3 heteroatoms. The molecular weight excluding hydrogens is 276 g/mol. The third kappa shape index (κ3) is 1.31. The van der Waals surface area contributed by atoms with Gasteiger partial charge >= 0.3 is 0 Å². The Labute approximate surface area is 108 Å². The predicted molar refractivity (Wildman–Crippen MR) is 69.7 cm³/mol. The lowest BCUT2D eigenvalue weighted by Crippen LogP contribution is -2.12. The molecule has 17 heavy (non-hydrogen) atoms. The molecule has 4 rings (SSSR count). The third-order valence-electron chi connectivity index (χ3n) is 4.12. The normalized spacial score (nSPS) is 25.2. The summed E-state index contributed by atoms with van der Waals surface area (Å²) >= 11 is 3.48. The van der Waals surface area contributed by atoms with Gasteiger partial charge < -0.3 is 4.57 Å². The molecule has 0 radical (unpaired) electrons. The Balaban J connectivity index is 2.05. The quantitative estimate of drug-likeness (QED) is 0.729. The van der Waals surface area contributed by atoms with Crippen molar-refractivity contribution in [1.82, 2.24) is 4.57 Å². The maximum Gasteiger partial charge on any atom is 0.101 e. The van der Waals surface area contributed by atoms with Crippen LogP contribution >= 0.6 is 15.9 Å². The average Bonchev–Trinajstić information content (AvgIpc) is 2.97. The van der Waals surface area contributed by atoms with Gasteiger partial charge in [0.15, 0.2) is 0 Å². The number of aromatic nitrogens is 1. The molecule has 2 aliphatic rings. The van der Waals surface area contributed by atoms with Crippen molar-refractivity contribution in [2.45, 2.75) is 19.4 Å². The second-order valence-electron chi connectivity index (χ2n) is 5.21. The van der Waals surface area contributed by atoms with E-state index < -0.39 is 0 Å². The monoisotopic (exact) mass is 286 g/mol. The molecular formula is C14H11BrN2. The minimum absolute atomic E-state index is 0.791. The summed E-state index contributed by atoms with van der Waals surface area (Å²) in [7, 11) is 0. The maximum absolute atomic E-state index is 9.27. The molecule has 2 unspecified atom stereocenters. The molecule has 1 aromatic heterocycles. The summed E-state index contributed by atoms with van der Waals surface area (Å²) in [5.74, 6) is 1.79. The fourth-order valence-corrected chi connectivity index (χ4v) is 3.66. The molecule has 84 valence electrons. The molecule has 0 amide bonds. The molecule has 2 heterocycles. The topological polar surface area (TPSA) is 28.7 Å². The highest BCUT2D eigenvalue weighted by atomic mass is 79.9. The summed E-state index contributed by atoms with van der Waals surface area (Å²) in [5, 5.41) is 10.5. The van der Waals surface area contributed by atoms with Crippen molar-refractivity contribution in [1.29, 1.82) is 5.26 Å². The van der Waals surface area contributed by atoms with Gasteiger partial charge in [0.25, 0.3) is 0 Å². The van der Waals surface area contributed by atoms with E-state index in [4.69, 9.17) is 0 Å². The van der Waals surface area contributed by atoms with Gasteiger partial charge in [0.2, 0.25) is 0 Å². The van der Waals surface area contributed by atoms with Crippen molar-refractivity contribution in [2.75, 3.05) is 0 Å². The first-order valence-corrected chi connectivity index (χ1v) is 6.77. The fraction of sp³-hybridized carbons (Fsp3) is 0.357. The Hall–Kier alpha value is -1.27. The zero-order valence-corrected chi connectivity index (χ0v) is 10.9. The van der Waals surface area contributed by atoms with Gasteiger partial charge in [-0.15, -0.1) is 0 Å². The zero-order valence-electron chi connectivity index (χ0n) is 9.28. The molecule has 0 bridgehead atoms. The number of fused-ring (bicyclic) bond motifs is 4. The molecule has 2 aromatic rings. The summed E-state index contributed by atoms with van der Waals surface area (Å²) < 4.78 is 3.36. The number of nitrogens with zero attached hydrogens (tertiary/aromatic N) is 2. The highest BCUT2D eigenvalue weighted by molar-refractivity contribution is 9.10. The number of benzene rings is 1. The number of nitriles is 1. The third-order valence-corrected chi connectivity index (χ3v) is 4.58. The van der Waals surface area contributed by atoms with E-state index in [-0.39, 0.29) is 0 Å². The minimum Gasteiger partial charge on any atom is -0.343 e. The molecule has 1 aromatic carbocycles. The first-order valence-electron chi connectivity index (χ1n) is 5.98. The van der Waals surface area contributed by atoms with Gasteiger partial charge in [-0.3, -0.25) is 0 Å². The molecule has 0 N–H and O–H groups in total. The van der Waals surface area contributed by atoms with Gasteiger partial charge in [-0.2, -0.15) is 5.26 Å². The Bertz CT molecular complexity index is 678. The summed E-state index contributed by atoms with van der Waals surface area (Å²) in [6, 6.07) is 8.63. The second-order valence-corrected chi connectivity index (χ2v) is 6.12. The van der Waals surface area contributed by atoms with Crippen LogP contribution in [0.3, 0.4) is 0 Å². The van der Waals surface area contributed by atoms with Crippen molar-refractivity contribution >= 4 is 26.8 Å². The van der Waals surface area contributed by atoms with E-state index in [2.05, 4.69) is 38.7 Å². The van der Waals surface area contributed by atoms with E-state index in [1.165, 1.54) is 23.9 Å². The van der Waals surface area contributed by atoms with Crippen LogP contribution in [-0.4, -0.2) is 4.57 Å². The average molecular weight is 287 g/mol. The smallest absolute Gasteiger partial charge is 0.101 e. The van der Waals surface area contributed by atoms with Gasteiger partial charge in [-0.25, -0.2) is 0 Å². The number of hydrogen-bond acceptors (Lipinski definition) is 1. The summed E-state index contributed by atoms with van der Waals surface area (Å²) in [6.07, 6.45) is 2.57. The molecule has 2 atom stereocenters. The van der Waals surface area contributed by atoms with Crippen LogP contribution in [0.1, 0.15) is 17.7 Å². The van der Waals surface area contributed by atoms with Crippen LogP contribution in [0, 0.1) is 23.2 Å². The first-order chi connectivity index (χ1) is 8.26. The Kier molecular flexibility index (Phi) is 1.80. The summed E-state index contributed by atoms with van der Waals surface area (Å²) in [4.78, 5) is 0. The van der Waals surface area contributed by atoms with Crippen LogP contribution < -0.4 is 0 Å². The first kappa shape index (κ1) is 9.73. The molecule has 0 spiro atoms. The van der Waals surface area contributed by atoms with E-state index >= 15 is 0 Å². The van der Waals surface area contributed by atoms with E-state index in [0.717, 1.165) is 33.9 Å². The van der Waals surface area contributed by atoms with Crippen LogP contribution in [0.4, 0.5) is 0 Å². The van der Waals surface area contributed by atoms with Crippen LogP contribution in [0.15, 0.2) is 22.7 Å². The van der Waals surface area contributed by atoms with Gasteiger partial charge in [0.1, 0.15) is 6.07 Å². The number of hydrogen-bond donors (Lipinski definition) is 0. The molecule has 1 saturated carbocycles. The van der Waals surface area contributed by atoms with Crippen molar-refractivity contribution in [2.24, 2.45) is 11.8 Å². The minimum atomic E-state index is 0.791. The molecule has 1 aliphatic heterocycles. The lowest BCUT2D eigenvalue weighted by Gasteiger charge is -2.15. The number of halogens is 1. The van der Waals surface area contributed by atoms with Crippen molar-refractivity contribution in [3.63, 3.8) is 0 Å². The predicted octanol–water partition coefficient (Wildman–Crippen LogP) is 3.47. The number of rotatable bonds is 0. The van der Waals surface area contributed by atoms with E-state index in [0.29, 0.717) is 0 Å². The highest BCUT2D eigenvalue weighted by Gasteiger charge is 2.41. The Morgan fingerprint density at radius 2 is 2.18 bits per heavy atom. The highest BCUT2D eigenvalue weighted by Crippen LogP contribution is 2.47. The maximum atomic E-state index is 9.27. The lowest BCUT2D eigenvalue weighted by molar-refractivity contribution is 0.517. The van der Waals surface area contributed by atoms with Crippen LogP contribution in [0.5, 0.6) is 0 Å². The van der Waals surface area contributed by atoms with E-state index in [1.807, 2.05) is 6.07 Å². The summed E-state index contributed by atoms with van der Waals surface area (Å²) in [5.41, 5.74) is 3.34. The summed E-state index contributed by atoms with van der Waals surface area (Å²) in [6.45, 7) is 1.11. The standard InChI is InChI=1S/C14H11BrN2/c15-12-2-9-5-13-4-8-1-11(8)7-17(13)14(9)10(3-12)6-16/h2-3,5,8,11H,1,4,7H2. The lowest BCUT2D eigenvalue weighted by atomic mass is 10.1. The Morgan fingerprint density at radius 3 is 3.00 bits per heavy atom. The zero-order chi connectivity index (χ0) is 11.6. The molecule has 1 fully saturated rings. The fourth-order valence-electron chi connectivity index (χ4n) is 3.18. The van der Waals surface area contributed by atoms with Gasteiger partial charge in [-0.05, 0) is 42.9 Å². The van der Waals surface area contributed by atoms with Crippen molar-refractivity contribution in [3.05, 3.63) is 33.9 Å². The van der Waals surface area contributed by atoms with Gasteiger partial charge in [0, 0.05) is 22.1 Å². The largest absolute Gasteiger partial charge is 0.343 e. The van der Waals surface area contributed by atoms with Gasteiger partial charge in [-0.1, -0.05) is 15.9 Å².